The molecule has 0 aliphatic heterocycles. The van der Waals surface area contributed by atoms with Crippen molar-refractivity contribution < 1.29 is 4.43 Å². The Labute approximate surface area is 120 Å². The fraction of sp³-hybridized carbons (Fsp3) is 0.857. The van der Waals surface area contributed by atoms with Crippen LogP contribution in [0.2, 0.25) is 22.6 Å². The fourth-order valence-corrected chi connectivity index (χ4v) is 5.58. The molecule has 0 fully saturated rings. The van der Waals surface area contributed by atoms with E-state index in [0.29, 0.717) is 5.04 Å². The van der Waals surface area contributed by atoms with Crippen LogP contribution in [0.5, 0.6) is 0 Å². The van der Waals surface area contributed by atoms with Crippen LogP contribution in [0.4, 0.5) is 0 Å². The molecule has 0 aromatic heterocycles. The molecule has 0 radical (unpaired) electrons. The Bertz CT molecular complexity index is 243. The van der Waals surface area contributed by atoms with E-state index in [2.05, 4.69) is 54.3 Å². The van der Waals surface area contributed by atoms with Gasteiger partial charge in [-0.1, -0.05) is 0 Å². The van der Waals surface area contributed by atoms with E-state index in [4.69, 9.17) is 4.43 Å². The van der Waals surface area contributed by atoms with Crippen molar-refractivity contribution in [3.8, 4) is 0 Å². The molecule has 3 heteroatoms. The van der Waals surface area contributed by atoms with E-state index in [1.165, 1.54) is 20.9 Å². The standard InChI is InChI=1S/C14H30OSiTe/c1-9-10-11-17-13(3)12(2)15-16(7,8)14(4,5)6/h12H,3,9-11H2,1-2,4-8H3. The molecule has 0 aromatic carbocycles. The molecule has 0 rings (SSSR count). The van der Waals surface area contributed by atoms with Crippen LogP contribution in [-0.2, 0) is 4.43 Å². The van der Waals surface area contributed by atoms with Gasteiger partial charge in [0.2, 0.25) is 0 Å². The number of unbranched alkanes of at least 4 members (excludes halogenated alkanes) is 1. The van der Waals surface area contributed by atoms with E-state index in [1.807, 2.05) is 0 Å². The Morgan fingerprint density at radius 2 is 1.88 bits per heavy atom. The zero-order chi connectivity index (χ0) is 13.7. The first-order chi connectivity index (χ1) is 7.62. The summed E-state index contributed by atoms with van der Waals surface area (Å²) in [5, 5.41) is 0.297. The number of hydrogen-bond donors (Lipinski definition) is 0. The second kappa shape index (κ2) is 7.33. The molecular weight excluding hydrogens is 340 g/mol. The molecule has 17 heavy (non-hydrogen) atoms. The first kappa shape index (κ1) is 17.7. The maximum absolute atomic E-state index is 6.37. The van der Waals surface area contributed by atoms with Crippen molar-refractivity contribution in [1.29, 1.82) is 0 Å². The normalized spacial score (nSPS) is 14.8. The zero-order valence-corrected chi connectivity index (χ0v) is 16.1. The van der Waals surface area contributed by atoms with Gasteiger partial charge in [0.15, 0.2) is 0 Å². The molecule has 0 aliphatic rings. The topological polar surface area (TPSA) is 9.23 Å². The van der Waals surface area contributed by atoms with E-state index < -0.39 is 8.32 Å². The number of rotatable bonds is 7. The summed E-state index contributed by atoms with van der Waals surface area (Å²) < 4.78 is 9.14. The third kappa shape index (κ3) is 6.43. The summed E-state index contributed by atoms with van der Waals surface area (Å²) in [7, 11) is -1.62. The predicted molar refractivity (Wildman–Crippen MR) is 82.4 cm³/mol. The summed E-state index contributed by atoms with van der Waals surface area (Å²) in [6.07, 6.45) is 2.93. The van der Waals surface area contributed by atoms with Crippen molar-refractivity contribution in [1.82, 2.24) is 0 Å². The summed E-state index contributed by atoms with van der Waals surface area (Å²) >= 11 is -0.0529. The predicted octanol–water partition coefficient (Wildman–Crippen LogP) is 4.83. The van der Waals surface area contributed by atoms with Gasteiger partial charge in [-0.2, -0.15) is 0 Å². The Morgan fingerprint density at radius 1 is 1.35 bits per heavy atom. The van der Waals surface area contributed by atoms with Crippen LogP contribution in [0, 0.1) is 0 Å². The van der Waals surface area contributed by atoms with Crippen LogP contribution in [0.15, 0.2) is 10.2 Å². The van der Waals surface area contributed by atoms with Crippen LogP contribution >= 0.6 is 0 Å². The van der Waals surface area contributed by atoms with Crippen LogP contribution in [0.1, 0.15) is 47.5 Å². The molecule has 0 saturated carbocycles. The first-order valence-electron chi connectivity index (χ1n) is 6.61. The van der Waals surface area contributed by atoms with Crippen molar-refractivity contribution in [2.75, 3.05) is 0 Å². The monoisotopic (exact) mass is 372 g/mol. The van der Waals surface area contributed by atoms with Gasteiger partial charge in [0.25, 0.3) is 0 Å². The Kier molecular flexibility index (Phi) is 7.64. The summed E-state index contributed by atoms with van der Waals surface area (Å²) in [6, 6.07) is 0. The molecule has 0 aliphatic carbocycles. The first-order valence-corrected chi connectivity index (χ1v) is 12.3. The van der Waals surface area contributed by atoms with Gasteiger partial charge in [-0.25, -0.2) is 0 Å². The average molecular weight is 370 g/mol. The van der Waals surface area contributed by atoms with Crippen LogP contribution in [0.25, 0.3) is 0 Å². The molecule has 102 valence electrons. The molecule has 0 heterocycles. The average Bonchev–Trinajstić information content (AvgIpc) is 2.15. The van der Waals surface area contributed by atoms with Crippen LogP contribution in [0.3, 0.4) is 0 Å². The Hall–Kier alpha value is 0.706. The number of hydrogen-bond acceptors (Lipinski definition) is 1. The van der Waals surface area contributed by atoms with Gasteiger partial charge in [-0.15, -0.1) is 0 Å². The summed E-state index contributed by atoms with van der Waals surface area (Å²) in [5.74, 6) is 0. The van der Waals surface area contributed by atoms with Crippen LogP contribution < -0.4 is 0 Å². The van der Waals surface area contributed by atoms with Gasteiger partial charge in [0, 0.05) is 0 Å². The van der Waals surface area contributed by atoms with Gasteiger partial charge in [-0.05, 0) is 0 Å². The minimum atomic E-state index is -1.62. The summed E-state index contributed by atoms with van der Waals surface area (Å²) in [6.45, 7) is 20.2. The minimum absolute atomic E-state index is 0.0529. The Morgan fingerprint density at radius 3 is 2.29 bits per heavy atom. The molecule has 0 saturated heterocycles. The van der Waals surface area contributed by atoms with Crippen molar-refractivity contribution in [3.05, 3.63) is 10.2 Å². The van der Waals surface area contributed by atoms with Crippen molar-refractivity contribution >= 4 is 29.2 Å². The molecule has 0 amide bonds. The van der Waals surface area contributed by atoms with Crippen LogP contribution in [-0.4, -0.2) is 35.3 Å². The Balaban J connectivity index is 4.25. The molecule has 1 unspecified atom stereocenters. The second-order valence-corrected chi connectivity index (χ2v) is 14.4. The third-order valence-electron chi connectivity index (χ3n) is 3.52. The van der Waals surface area contributed by atoms with E-state index in [9.17, 15) is 0 Å². The van der Waals surface area contributed by atoms with Gasteiger partial charge in [0.05, 0.1) is 0 Å². The fourth-order valence-electron chi connectivity index (χ4n) is 1.15. The summed E-state index contributed by atoms with van der Waals surface area (Å²) in [4.78, 5) is 0. The van der Waals surface area contributed by atoms with E-state index >= 15 is 0 Å². The van der Waals surface area contributed by atoms with E-state index in [0.717, 1.165) is 0 Å². The quantitative estimate of drug-likeness (QED) is 0.461. The zero-order valence-electron chi connectivity index (χ0n) is 12.7. The molecule has 0 spiro atoms. The molecule has 1 nitrogen and oxygen atoms in total. The maximum atomic E-state index is 6.37. The van der Waals surface area contributed by atoms with Gasteiger partial charge < -0.3 is 0 Å². The molecule has 0 aromatic rings. The molecule has 0 N–H and O–H groups in total. The SMILES string of the molecule is C=C([Te]CCCC)C(C)O[Si](C)(C)C(C)(C)C. The molecule has 1 atom stereocenters. The van der Waals surface area contributed by atoms with Gasteiger partial charge >= 0.3 is 120 Å². The van der Waals surface area contributed by atoms with Crippen molar-refractivity contribution in [3.63, 3.8) is 0 Å². The van der Waals surface area contributed by atoms with E-state index in [1.54, 1.807) is 0 Å². The van der Waals surface area contributed by atoms with Gasteiger partial charge in [0.1, 0.15) is 0 Å². The van der Waals surface area contributed by atoms with Gasteiger partial charge in [-0.3, -0.25) is 0 Å². The van der Waals surface area contributed by atoms with Crippen molar-refractivity contribution in [2.24, 2.45) is 0 Å². The molecule has 0 bridgehead atoms. The van der Waals surface area contributed by atoms with Crippen molar-refractivity contribution in [2.45, 2.75) is 76.2 Å². The van der Waals surface area contributed by atoms with E-state index in [-0.39, 0.29) is 27.0 Å². The summed E-state index contributed by atoms with van der Waals surface area (Å²) in [5.41, 5.74) is 0. The second-order valence-electron chi connectivity index (χ2n) is 6.19. The third-order valence-corrected chi connectivity index (χ3v) is 11.5. The molecular formula is C14H30OSiTe.